The highest BCUT2D eigenvalue weighted by atomic mass is 16.5. The molecule has 0 radical (unpaired) electrons. The Morgan fingerprint density at radius 3 is 2.51 bits per heavy atom. The van der Waals surface area contributed by atoms with Crippen LogP contribution in [-0.2, 0) is 10.7 Å². The highest BCUT2D eigenvalue weighted by molar-refractivity contribution is 5.95. The SMILES string of the molecule is CN1C(=O)CCOc2cc(N3CCCC3)ncc21.NC(=O)c1ncn(C(O)(O)c2ccccc2)n1. The maximum absolute atomic E-state index is 11.7. The first-order valence-electron chi connectivity index (χ1n) is 11.1. The van der Waals surface area contributed by atoms with E-state index in [4.69, 9.17) is 10.5 Å². The molecule has 2 aliphatic heterocycles. The van der Waals surface area contributed by atoms with Crippen LogP contribution in [0.5, 0.6) is 5.75 Å². The Bertz CT molecular complexity index is 1190. The summed E-state index contributed by atoms with van der Waals surface area (Å²) in [6.45, 7) is 2.56. The summed E-state index contributed by atoms with van der Waals surface area (Å²) < 4.78 is 6.41. The number of ether oxygens (including phenoxy) is 1. The minimum atomic E-state index is -2.37. The zero-order valence-corrected chi connectivity index (χ0v) is 19.2. The molecule has 5 rings (SSSR count). The Hall–Kier alpha value is -4.03. The second kappa shape index (κ2) is 10.1. The number of amides is 2. The molecule has 1 aromatic carbocycles. The molecule has 0 saturated carbocycles. The summed E-state index contributed by atoms with van der Waals surface area (Å²) in [7, 11) is 1.77. The fourth-order valence-corrected chi connectivity index (χ4v) is 3.78. The smallest absolute Gasteiger partial charge is 0.295 e. The largest absolute Gasteiger partial charge is 0.491 e. The predicted molar refractivity (Wildman–Crippen MR) is 126 cm³/mol. The van der Waals surface area contributed by atoms with Crippen molar-refractivity contribution in [3.05, 3.63) is 60.3 Å². The Morgan fingerprint density at radius 1 is 1.14 bits per heavy atom. The van der Waals surface area contributed by atoms with E-state index < -0.39 is 11.8 Å². The maximum Gasteiger partial charge on any atom is 0.295 e. The van der Waals surface area contributed by atoms with E-state index in [0.29, 0.717) is 13.0 Å². The van der Waals surface area contributed by atoms with Crippen molar-refractivity contribution < 1.29 is 24.5 Å². The standard InChI is InChI=1S/C13H17N3O2.C10H10N4O3/c1-15-10-9-14-12(16-5-2-3-6-16)8-11(10)18-7-4-13(15)17;11-8(15)9-12-6-14(13-9)10(16,17)7-4-2-1-3-5-7/h8-9H,2-7H2,1H3;1-6,16-17H,(H2,11,15). The number of fused-ring (bicyclic) bond motifs is 1. The van der Waals surface area contributed by atoms with Crippen molar-refractivity contribution in [1.82, 2.24) is 19.7 Å². The maximum atomic E-state index is 11.7. The van der Waals surface area contributed by atoms with Crippen molar-refractivity contribution in [3.63, 3.8) is 0 Å². The Labute approximate surface area is 201 Å². The van der Waals surface area contributed by atoms with Gasteiger partial charge in [-0.2, -0.15) is 4.68 Å². The monoisotopic (exact) mass is 481 g/mol. The van der Waals surface area contributed by atoms with Crippen molar-refractivity contribution in [2.45, 2.75) is 25.2 Å². The van der Waals surface area contributed by atoms with Crippen LogP contribution in [0.4, 0.5) is 11.5 Å². The molecule has 2 aromatic heterocycles. The second-order valence-electron chi connectivity index (χ2n) is 8.13. The number of aliphatic hydroxyl groups is 2. The average molecular weight is 482 g/mol. The lowest BCUT2D eigenvalue weighted by atomic mass is 10.1. The van der Waals surface area contributed by atoms with Gasteiger partial charge in [-0.15, -0.1) is 5.10 Å². The van der Waals surface area contributed by atoms with Crippen molar-refractivity contribution in [1.29, 1.82) is 0 Å². The van der Waals surface area contributed by atoms with Gasteiger partial charge in [0.25, 0.3) is 11.8 Å². The van der Waals surface area contributed by atoms with Gasteiger partial charge in [0.2, 0.25) is 11.7 Å². The molecule has 35 heavy (non-hydrogen) atoms. The van der Waals surface area contributed by atoms with Crippen LogP contribution in [0, 0.1) is 0 Å². The van der Waals surface area contributed by atoms with Crippen LogP contribution >= 0.6 is 0 Å². The second-order valence-corrected chi connectivity index (χ2v) is 8.13. The van der Waals surface area contributed by atoms with E-state index in [1.807, 2.05) is 6.07 Å². The van der Waals surface area contributed by atoms with Crippen LogP contribution < -0.4 is 20.3 Å². The minimum absolute atomic E-state index is 0.0736. The third-order valence-electron chi connectivity index (χ3n) is 5.76. The zero-order chi connectivity index (χ0) is 25.0. The molecule has 0 bridgehead atoms. The number of rotatable bonds is 4. The van der Waals surface area contributed by atoms with Crippen LogP contribution in [0.1, 0.15) is 35.4 Å². The summed E-state index contributed by atoms with van der Waals surface area (Å²) in [6.07, 6.45) is 5.62. The number of primary amides is 1. The van der Waals surface area contributed by atoms with Gasteiger partial charge in [0, 0.05) is 31.8 Å². The summed E-state index contributed by atoms with van der Waals surface area (Å²) >= 11 is 0. The number of aromatic nitrogens is 4. The first-order chi connectivity index (χ1) is 16.8. The molecule has 0 aliphatic carbocycles. The van der Waals surface area contributed by atoms with Crippen molar-refractivity contribution >= 4 is 23.3 Å². The molecule has 4 heterocycles. The molecular weight excluding hydrogens is 454 g/mol. The van der Waals surface area contributed by atoms with Crippen molar-refractivity contribution in [3.8, 4) is 5.75 Å². The van der Waals surface area contributed by atoms with Gasteiger partial charge in [0.1, 0.15) is 23.6 Å². The van der Waals surface area contributed by atoms with Crippen molar-refractivity contribution in [2.24, 2.45) is 5.73 Å². The average Bonchev–Trinajstić information content (AvgIpc) is 3.55. The number of benzene rings is 1. The van der Waals surface area contributed by atoms with Gasteiger partial charge >= 0.3 is 0 Å². The lowest BCUT2D eigenvalue weighted by molar-refractivity contribution is -0.200. The number of pyridine rings is 1. The fraction of sp³-hybridized carbons (Fsp3) is 0.348. The van der Waals surface area contributed by atoms with E-state index in [1.54, 1.807) is 36.3 Å². The first-order valence-corrected chi connectivity index (χ1v) is 11.1. The third-order valence-corrected chi connectivity index (χ3v) is 5.76. The van der Waals surface area contributed by atoms with Gasteiger partial charge in [-0.05, 0) is 12.8 Å². The molecule has 0 atom stereocenters. The van der Waals surface area contributed by atoms with E-state index in [9.17, 15) is 19.8 Å². The summed E-state index contributed by atoms with van der Waals surface area (Å²) in [4.78, 5) is 34.4. The molecule has 4 N–H and O–H groups in total. The van der Waals surface area contributed by atoms with Crippen LogP contribution in [0.25, 0.3) is 0 Å². The Balaban J connectivity index is 0.000000165. The summed E-state index contributed by atoms with van der Waals surface area (Å²) in [6, 6.07) is 9.98. The number of carbonyl (C=O) groups excluding carboxylic acids is 2. The molecule has 0 unspecified atom stereocenters. The molecule has 1 saturated heterocycles. The molecule has 12 nitrogen and oxygen atoms in total. The Morgan fingerprint density at radius 2 is 1.86 bits per heavy atom. The third kappa shape index (κ3) is 5.23. The van der Waals surface area contributed by atoms with Gasteiger partial charge in [0.05, 0.1) is 19.2 Å². The molecule has 0 spiro atoms. The topological polar surface area (TPSA) is 160 Å². The number of nitrogens with two attached hydrogens (primary N) is 1. The Kier molecular flexibility index (Phi) is 6.94. The molecule has 3 aromatic rings. The zero-order valence-electron chi connectivity index (χ0n) is 19.2. The van der Waals surface area contributed by atoms with E-state index in [2.05, 4.69) is 20.0 Å². The number of hydrogen-bond donors (Lipinski definition) is 3. The van der Waals surface area contributed by atoms with Gasteiger partial charge in [0.15, 0.2) is 0 Å². The van der Waals surface area contributed by atoms with E-state index >= 15 is 0 Å². The van der Waals surface area contributed by atoms with Gasteiger partial charge < -0.3 is 30.5 Å². The molecule has 2 aliphatic rings. The lowest BCUT2D eigenvalue weighted by Crippen LogP contribution is -2.35. The van der Waals surface area contributed by atoms with Crippen LogP contribution in [-0.4, -0.2) is 68.5 Å². The summed E-state index contributed by atoms with van der Waals surface area (Å²) in [5.41, 5.74) is 5.93. The number of nitrogens with zero attached hydrogens (tertiary/aromatic N) is 6. The quantitative estimate of drug-likeness (QED) is 0.449. The molecule has 1 fully saturated rings. The molecule has 2 amide bonds. The molecular formula is C23H27N7O5. The highest BCUT2D eigenvalue weighted by Crippen LogP contribution is 2.33. The summed E-state index contributed by atoms with van der Waals surface area (Å²) in [5, 5.41) is 23.4. The summed E-state index contributed by atoms with van der Waals surface area (Å²) in [5.74, 6) is -1.71. The molecule has 184 valence electrons. The molecule has 12 heteroatoms. The normalized spacial score (nSPS) is 15.6. The number of hydrogen-bond acceptors (Lipinski definition) is 9. The first kappa shape index (κ1) is 24.1. The van der Waals surface area contributed by atoms with Crippen LogP contribution in [0.15, 0.2) is 48.9 Å². The minimum Gasteiger partial charge on any atom is -0.491 e. The van der Waals surface area contributed by atoms with Crippen molar-refractivity contribution in [2.75, 3.05) is 36.5 Å². The van der Waals surface area contributed by atoms with Gasteiger partial charge in [-0.25, -0.2) is 9.97 Å². The number of anilines is 2. The van der Waals surface area contributed by atoms with Crippen LogP contribution in [0.2, 0.25) is 0 Å². The highest BCUT2D eigenvalue weighted by Gasteiger charge is 2.30. The number of carbonyl (C=O) groups is 2. The predicted octanol–water partition coefficient (Wildman–Crippen LogP) is 0.447. The van der Waals surface area contributed by atoms with Gasteiger partial charge in [-0.3, -0.25) is 9.59 Å². The van der Waals surface area contributed by atoms with Gasteiger partial charge in [-0.1, -0.05) is 30.3 Å². The fourth-order valence-electron chi connectivity index (χ4n) is 3.78. The van der Waals surface area contributed by atoms with E-state index in [0.717, 1.165) is 41.4 Å². The van der Waals surface area contributed by atoms with E-state index in [-0.39, 0.29) is 17.3 Å². The van der Waals surface area contributed by atoms with Crippen LogP contribution in [0.3, 0.4) is 0 Å². The lowest BCUT2D eigenvalue weighted by Gasteiger charge is -2.21. The van der Waals surface area contributed by atoms with E-state index in [1.165, 1.54) is 25.0 Å².